The van der Waals surface area contributed by atoms with Gasteiger partial charge in [-0.3, -0.25) is 14.6 Å². The van der Waals surface area contributed by atoms with E-state index < -0.39 is 12.2 Å². The van der Waals surface area contributed by atoms with E-state index in [1.54, 1.807) is 18.2 Å². The van der Waals surface area contributed by atoms with Gasteiger partial charge in [-0.2, -0.15) is 0 Å². The molecule has 3 atom stereocenters. The lowest BCUT2D eigenvalue weighted by Crippen LogP contribution is -2.27. The largest absolute Gasteiger partial charge is 0.491 e. The second-order valence-corrected chi connectivity index (χ2v) is 11.9. The lowest BCUT2D eigenvalue weighted by molar-refractivity contribution is -0.119. The van der Waals surface area contributed by atoms with Gasteiger partial charge in [-0.25, -0.2) is 4.39 Å². The lowest BCUT2D eigenvalue weighted by Gasteiger charge is -2.24. The number of halogens is 3. The third-order valence-corrected chi connectivity index (χ3v) is 8.68. The maximum Gasteiger partial charge on any atom is 0.235 e. The molecule has 0 aliphatic carbocycles. The van der Waals surface area contributed by atoms with E-state index in [0.717, 1.165) is 28.9 Å². The summed E-state index contributed by atoms with van der Waals surface area (Å²) < 4.78 is 25.9. The van der Waals surface area contributed by atoms with Crippen LogP contribution in [0, 0.1) is 11.7 Å². The predicted molar refractivity (Wildman–Crippen MR) is 166 cm³/mol. The average molecular weight is 676 g/mol. The fourth-order valence-electron chi connectivity index (χ4n) is 5.38. The van der Waals surface area contributed by atoms with Crippen LogP contribution in [-0.2, 0) is 16.0 Å². The minimum absolute atomic E-state index is 0.0536. The molecule has 0 spiro atoms. The molecule has 3 heterocycles. The van der Waals surface area contributed by atoms with Gasteiger partial charge in [-0.1, -0.05) is 31.0 Å². The molecule has 2 aliphatic rings. The van der Waals surface area contributed by atoms with Gasteiger partial charge in [-0.05, 0) is 59.1 Å². The molecule has 5 rings (SSSR count). The molecule has 9 nitrogen and oxygen atoms in total. The number of hydrogen-bond acceptors (Lipinski definition) is 8. The molecule has 2 bridgehead atoms. The summed E-state index contributed by atoms with van der Waals surface area (Å²) in [5, 5.41) is 19.2. The van der Waals surface area contributed by atoms with Gasteiger partial charge in [0.1, 0.15) is 5.75 Å². The summed E-state index contributed by atoms with van der Waals surface area (Å²) in [6.45, 7) is 2.66. The summed E-state index contributed by atoms with van der Waals surface area (Å²) in [5.74, 6) is -0.838. The number of benzene rings is 2. The second kappa shape index (κ2) is 13.7. The van der Waals surface area contributed by atoms with Crippen molar-refractivity contribution in [3.8, 4) is 16.9 Å². The molecule has 2 aliphatic heterocycles. The van der Waals surface area contributed by atoms with E-state index in [-0.39, 0.29) is 47.2 Å². The zero-order valence-corrected chi connectivity index (χ0v) is 26.1. The zero-order valence-electron chi connectivity index (χ0n) is 23.8. The summed E-state index contributed by atoms with van der Waals surface area (Å²) in [6.07, 6.45) is 1.53. The van der Waals surface area contributed by atoms with Crippen molar-refractivity contribution >= 4 is 50.6 Å². The van der Waals surface area contributed by atoms with Crippen LogP contribution in [-0.4, -0.2) is 48.5 Å². The van der Waals surface area contributed by atoms with Gasteiger partial charge in [0.05, 0.1) is 34.3 Å². The molecular weight excluding hydrogens is 643 g/mol. The highest BCUT2D eigenvalue weighted by molar-refractivity contribution is 9.10. The standard InChI is InChI=1S/C31H33BrClFN4O5/c1-16-4-3-5-22(35-12-10-26(39)27-20(32)8-9-21(33)28(27)34)25-15-19(29-23(37-25)11-13-43-29)18-7-6-17(36-31(41)42-2)14-24(18)38-30(16)40/h6-9,14-16,22,31,35-36,41H,3-5,10-13H2,1-2H3,(H,38,40)/t16-,22+,31?/m1/s1. The number of aliphatic hydroxyl groups is 1. The maximum absolute atomic E-state index is 14.6. The Balaban J connectivity index is 1.48. The van der Waals surface area contributed by atoms with Crippen LogP contribution in [0.1, 0.15) is 60.4 Å². The summed E-state index contributed by atoms with van der Waals surface area (Å²) in [6, 6.07) is 10.1. The van der Waals surface area contributed by atoms with Gasteiger partial charge in [-0.15, -0.1) is 0 Å². The van der Waals surface area contributed by atoms with Gasteiger partial charge in [0.15, 0.2) is 11.6 Å². The molecule has 43 heavy (non-hydrogen) atoms. The number of carbonyl (C=O) groups excluding carboxylic acids is 2. The van der Waals surface area contributed by atoms with Crippen molar-refractivity contribution in [2.75, 3.05) is 30.9 Å². The van der Waals surface area contributed by atoms with Crippen LogP contribution in [0.2, 0.25) is 5.02 Å². The zero-order chi connectivity index (χ0) is 30.7. The number of carbonyl (C=O) groups is 2. The molecule has 2 aromatic carbocycles. The number of aromatic nitrogens is 1. The van der Waals surface area contributed by atoms with Gasteiger partial charge >= 0.3 is 0 Å². The topological polar surface area (TPSA) is 122 Å². The fourth-order valence-corrected chi connectivity index (χ4v) is 6.06. The molecule has 1 aromatic heterocycles. The number of Topliss-reactive ketones (excluding diaryl/α,β-unsaturated/α-hetero) is 1. The van der Waals surface area contributed by atoms with Crippen molar-refractivity contribution < 1.29 is 28.6 Å². The van der Waals surface area contributed by atoms with Crippen LogP contribution in [0.25, 0.3) is 11.1 Å². The van der Waals surface area contributed by atoms with Crippen LogP contribution in [0.3, 0.4) is 0 Å². The van der Waals surface area contributed by atoms with E-state index in [1.165, 1.54) is 13.2 Å². The number of amides is 1. The van der Waals surface area contributed by atoms with E-state index in [9.17, 15) is 19.1 Å². The number of nitrogens with zero attached hydrogens (tertiary/aromatic N) is 1. The number of anilines is 2. The SMILES string of the molecule is COC(O)Nc1ccc2c(c1)NC(=O)[C@H](C)CCC[C@H](NCCC(=O)c1c(Br)ccc(Cl)c1F)c1cc-2c2c(n1)CCO2. The Kier molecular flexibility index (Phi) is 9.98. The van der Waals surface area contributed by atoms with Crippen molar-refractivity contribution in [1.29, 1.82) is 0 Å². The molecule has 3 aromatic rings. The van der Waals surface area contributed by atoms with Crippen LogP contribution < -0.4 is 20.7 Å². The van der Waals surface area contributed by atoms with Crippen molar-refractivity contribution in [2.24, 2.45) is 5.92 Å². The third kappa shape index (κ3) is 7.02. The highest BCUT2D eigenvalue weighted by Crippen LogP contribution is 2.42. The number of ether oxygens (including phenoxy) is 2. The fraction of sp³-hybridized carbons (Fsp3) is 0.387. The number of fused-ring (bicyclic) bond motifs is 6. The van der Waals surface area contributed by atoms with Crippen LogP contribution in [0.4, 0.5) is 15.8 Å². The van der Waals surface area contributed by atoms with Crippen molar-refractivity contribution in [2.45, 2.75) is 51.5 Å². The quantitative estimate of drug-likeness (QED) is 0.126. The predicted octanol–water partition coefficient (Wildman–Crippen LogP) is 6.23. The highest BCUT2D eigenvalue weighted by Gasteiger charge is 2.27. The average Bonchev–Trinajstić information content (AvgIpc) is 3.46. The Morgan fingerprint density at radius 1 is 1.28 bits per heavy atom. The number of hydrogen-bond donors (Lipinski definition) is 4. The third-order valence-electron chi connectivity index (χ3n) is 7.73. The number of aliphatic hydroxyl groups excluding tert-OH is 1. The summed E-state index contributed by atoms with van der Waals surface area (Å²) >= 11 is 9.19. The smallest absolute Gasteiger partial charge is 0.235 e. The number of nitrogens with one attached hydrogen (secondary N) is 3. The van der Waals surface area contributed by atoms with E-state index in [0.29, 0.717) is 47.5 Å². The summed E-state index contributed by atoms with van der Waals surface area (Å²) in [4.78, 5) is 31.2. The Bertz CT molecular complexity index is 1540. The van der Waals surface area contributed by atoms with E-state index >= 15 is 0 Å². The van der Waals surface area contributed by atoms with Crippen LogP contribution in [0.5, 0.6) is 5.75 Å². The molecular formula is C31H33BrClFN4O5. The Hall–Kier alpha value is -3.09. The molecule has 1 amide bonds. The number of pyridine rings is 1. The van der Waals surface area contributed by atoms with E-state index in [4.69, 9.17) is 26.1 Å². The van der Waals surface area contributed by atoms with Crippen molar-refractivity contribution in [3.05, 3.63) is 68.7 Å². The molecule has 0 radical (unpaired) electrons. The first-order valence-corrected chi connectivity index (χ1v) is 15.3. The van der Waals surface area contributed by atoms with Gasteiger partial charge in [0.2, 0.25) is 12.3 Å². The molecule has 4 N–H and O–H groups in total. The number of methoxy groups -OCH3 is 1. The van der Waals surface area contributed by atoms with Gasteiger partial charge in [0, 0.05) is 59.7 Å². The summed E-state index contributed by atoms with van der Waals surface area (Å²) in [7, 11) is 1.38. The second-order valence-electron chi connectivity index (χ2n) is 10.7. The Morgan fingerprint density at radius 3 is 2.88 bits per heavy atom. The van der Waals surface area contributed by atoms with Gasteiger partial charge in [0.25, 0.3) is 0 Å². The molecule has 228 valence electrons. The van der Waals surface area contributed by atoms with E-state index in [2.05, 4.69) is 31.9 Å². The molecule has 0 saturated carbocycles. The normalized spacial score (nSPS) is 18.8. The summed E-state index contributed by atoms with van der Waals surface area (Å²) in [5.41, 5.74) is 4.20. The number of rotatable bonds is 8. The first-order valence-electron chi connectivity index (χ1n) is 14.2. The minimum Gasteiger partial charge on any atom is -0.491 e. The first kappa shape index (κ1) is 31.3. The first-order chi connectivity index (χ1) is 20.7. The van der Waals surface area contributed by atoms with Crippen molar-refractivity contribution in [3.63, 3.8) is 0 Å². The lowest BCUT2D eigenvalue weighted by atomic mass is 9.94. The molecule has 0 saturated heterocycles. The number of ketones is 1. The minimum atomic E-state index is -1.21. The van der Waals surface area contributed by atoms with Crippen LogP contribution in [0.15, 0.2) is 40.9 Å². The Labute approximate surface area is 262 Å². The molecule has 1 unspecified atom stereocenters. The van der Waals surface area contributed by atoms with Crippen LogP contribution >= 0.6 is 27.5 Å². The highest BCUT2D eigenvalue weighted by atomic mass is 79.9. The molecule has 0 fully saturated rings. The monoisotopic (exact) mass is 674 g/mol. The maximum atomic E-state index is 14.6. The van der Waals surface area contributed by atoms with Crippen molar-refractivity contribution in [1.82, 2.24) is 10.3 Å². The Morgan fingerprint density at radius 2 is 2.09 bits per heavy atom. The van der Waals surface area contributed by atoms with E-state index in [1.807, 2.05) is 19.1 Å². The van der Waals surface area contributed by atoms with Gasteiger partial charge < -0.3 is 30.5 Å². The molecule has 12 heteroatoms.